The molecule has 8 heteroatoms. The fourth-order valence-corrected chi connectivity index (χ4v) is 3.46. The molecule has 2 aromatic carbocycles. The Hall–Kier alpha value is -4.20. The maximum atomic E-state index is 10.8. The van der Waals surface area contributed by atoms with Gasteiger partial charge in [-0.25, -0.2) is 15.0 Å². The number of aliphatic carboxylic acids is 1. The third kappa shape index (κ3) is 4.09. The second kappa shape index (κ2) is 7.91. The van der Waals surface area contributed by atoms with Crippen LogP contribution < -0.4 is 15.4 Å². The van der Waals surface area contributed by atoms with Crippen molar-refractivity contribution in [3.8, 4) is 17.0 Å². The van der Waals surface area contributed by atoms with Crippen molar-refractivity contribution in [2.75, 3.05) is 23.8 Å². The summed E-state index contributed by atoms with van der Waals surface area (Å²) < 4.78 is 5.55. The van der Waals surface area contributed by atoms with Crippen LogP contribution in [0.25, 0.3) is 22.0 Å². The minimum Gasteiger partial charge on any atom is -0.481 e. The van der Waals surface area contributed by atoms with Crippen LogP contribution >= 0.6 is 0 Å². The van der Waals surface area contributed by atoms with Gasteiger partial charge in [0.1, 0.15) is 6.61 Å². The van der Waals surface area contributed by atoms with Crippen LogP contribution in [0.4, 0.5) is 17.3 Å². The Labute approximate surface area is 178 Å². The summed E-state index contributed by atoms with van der Waals surface area (Å²) in [5.74, 6) is 0.236. The predicted molar refractivity (Wildman–Crippen MR) is 118 cm³/mol. The average molecular weight is 413 g/mol. The van der Waals surface area contributed by atoms with Gasteiger partial charge in [0.05, 0.1) is 17.6 Å². The molecule has 5 rings (SSSR count). The van der Waals surface area contributed by atoms with Crippen LogP contribution in [0.5, 0.6) is 5.88 Å². The van der Waals surface area contributed by atoms with Crippen molar-refractivity contribution in [3.63, 3.8) is 0 Å². The van der Waals surface area contributed by atoms with E-state index in [1.807, 2.05) is 36.4 Å². The number of benzene rings is 2. The molecule has 0 aliphatic carbocycles. The van der Waals surface area contributed by atoms with Crippen molar-refractivity contribution in [2.24, 2.45) is 0 Å². The minimum atomic E-state index is -0.855. The van der Waals surface area contributed by atoms with Gasteiger partial charge in [-0.15, -0.1) is 0 Å². The number of fused-ring (bicyclic) bond motifs is 2. The number of carboxylic acids is 1. The van der Waals surface area contributed by atoms with E-state index >= 15 is 0 Å². The Balaban J connectivity index is 1.41. The van der Waals surface area contributed by atoms with Gasteiger partial charge < -0.3 is 20.5 Å². The van der Waals surface area contributed by atoms with Gasteiger partial charge in [0.15, 0.2) is 0 Å². The molecular formula is C23H19N5O3. The topological polar surface area (TPSA) is 109 Å². The van der Waals surface area contributed by atoms with Crippen LogP contribution in [-0.4, -0.2) is 39.2 Å². The third-order valence-electron chi connectivity index (χ3n) is 4.99. The first kappa shape index (κ1) is 18.8. The van der Waals surface area contributed by atoms with E-state index in [4.69, 9.17) is 9.84 Å². The number of aromatic nitrogens is 3. The van der Waals surface area contributed by atoms with E-state index in [1.165, 1.54) is 0 Å². The molecule has 31 heavy (non-hydrogen) atoms. The fourth-order valence-electron chi connectivity index (χ4n) is 3.46. The smallest absolute Gasteiger partial charge is 0.307 e. The summed E-state index contributed by atoms with van der Waals surface area (Å²) in [5.41, 5.74) is 5.19. The van der Waals surface area contributed by atoms with Gasteiger partial charge in [-0.2, -0.15) is 0 Å². The van der Waals surface area contributed by atoms with Gasteiger partial charge in [0.2, 0.25) is 11.8 Å². The zero-order valence-corrected chi connectivity index (χ0v) is 16.5. The SMILES string of the molecule is O=C(O)Cc1ccc(Nc2ncc3ccc(-c4cnc5c(c4)NCCO5)cc3n2)cc1. The lowest BCUT2D eigenvalue weighted by molar-refractivity contribution is -0.136. The van der Waals surface area contributed by atoms with Crippen LogP contribution in [-0.2, 0) is 11.2 Å². The minimum absolute atomic E-state index is 0.00523. The lowest BCUT2D eigenvalue weighted by atomic mass is 10.1. The Bertz CT molecular complexity index is 1270. The van der Waals surface area contributed by atoms with Gasteiger partial charge in [0, 0.05) is 35.6 Å². The molecule has 0 amide bonds. The third-order valence-corrected chi connectivity index (χ3v) is 4.99. The van der Waals surface area contributed by atoms with E-state index in [9.17, 15) is 4.79 Å². The monoisotopic (exact) mass is 413 g/mol. The molecule has 0 fully saturated rings. The predicted octanol–water partition coefficient (Wildman–Crippen LogP) is 3.87. The fraction of sp³-hybridized carbons (Fsp3) is 0.130. The summed E-state index contributed by atoms with van der Waals surface area (Å²) in [6, 6.07) is 15.2. The van der Waals surface area contributed by atoms with Gasteiger partial charge in [-0.05, 0) is 35.4 Å². The number of carbonyl (C=O) groups is 1. The van der Waals surface area contributed by atoms with Gasteiger partial charge >= 0.3 is 5.97 Å². The first-order chi connectivity index (χ1) is 15.1. The van der Waals surface area contributed by atoms with Crippen LogP contribution in [0.2, 0.25) is 0 Å². The van der Waals surface area contributed by atoms with Crippen molar-refractivity contribution >= 4 is 34.2 Å². The zero-order chi connectivity index (χ0) is 21.2. The van der Waals surface area contributed by atoms with E-state index in [2.05, 4.69) is 25.6 Å². The second-order valence-corrected chi connectivity index (χ2v) is 7.21. The van der Waals surface area contributed by atoms with Crippen molar-refractivity contribution < 1.29 is 14.6 Å². The Morgan fingerprint density at radius 1 is 1.06 bits per heavy atom. The van der Waals surface area contributed by atoms with Crippen molar-refractivity contribution in [3.05, 3.63) is 66.5 Å². The van der Waals surface area contributed by atoms with Crippen LogP contribution in [0, 0.1) is 0 Å². The van der Waals surface area contributed by atoms with Gasteiger partial charge in [-0.1, -0.05) is 24.3 Å². The average Bonchev–Trinajstić information content (AvgIpc) is 2.79. The molecule has 0 saturated heterocycles. The number of pyridine rings is 1. The Kier molecular flexibility index (Phi) is 4.80. The normalized spacial score (nSPS) is 12.5. The zero-order valence-electron chi connectivity index (χ0n) is 16.5. The Morgan fingerprint density at radius 3 is 2.77 bits per heavy atom. The molecular weight excluding hydrogens is 394 g/mol. The molecule has 3 N–H and O–H groups in total. The molecule has 0 saturated carbocycles. The molecule has 1 aliphatic rings. The lowest BCUT2D eigenvalue weighted by Gasteiger charge is -2.18. The van der Waals surface area contributed by atoms with Gasteiger partial charge in [0.25, 0.3) is 0 Å². The van der Waals surface area contributed by atoms with Crippen LogP contribution in [0.1, 0.15) is 5.56 Å². The lowest BCUT2D eigenvalue weighted by Crippen LogP contribution is -2.18. The molecule has 2 aromatic heterocycles. The highest BCUT2D eigenvalue weighted by Crippen LogP contribution is 2.31. The standard InChI is InChI=1S/C23H19N5O3/c29-21(30)9-14-1-5-18(6-2-14)27-23-26-12-16-4-3-15(10-19(16)28-23)17-11-20-22(25-13-17)31-8-7-24-20/h1-6,10-13,24H,7-9H2,(H,29,30)(H,26,27,28). The molecule has 4 aromatic rings. The Morgan fingerprint density at radius 2 is 1.94 bits per heavy atom. The van der Waals surface area contributed by atoms with E-state index in [0.29, 0.717) is 18.4 Å². The molecule has 0 unspecified atom stereocenters. The molecule has 3 heterocycles. The second-order valence-electron chi connectivity index (χ2n) is 7.21. The first-order valence-electron chi connectivity index (χ1n) is 9.86. The summed E-state index contributed by atoms with van der Waals surface area (Å²) in [6.07, 6.45) is 3.56. The number of anilines is 3. The molecule has 154 valence electrons. The number of nitrogens with one attached hydrogen (secondary N) is 2. The highest BCUT2D eigenvalue weighted by Gasteiger charge is 2.13. The molecule has 8 nitrogen and oxygen atoms in total. The number of carboxylic acid groups (broad SMARTS) is 1. The molecule has 0 bridgehead atoms. The highest BCUT2D eigenvalue weighted by molar-refractivity contribution is 5.85. The number of nitrogens with zero attached hydrogens (tertiary/aromatic N) is 3. The number of hydrogen-bond acceptors (Lipinski definition) is 7. The van der Waals surface area contributed by atoms with Crippen molar-refractivity contribution in [2.45, 2.75) is 6.42 Å². The van der Waals surface area contributed by atoms with E-state index < -0.39 is 5.97 Å². The van der Waals surface area contributed by atoms with Crippen LogP contribution in [0.15, 0.2) is 60.9 Å². The van der Waals surface area contributed by atoms with E-state index in [0.717, 1.165) is 45.5 Å². The molecule has 0 atom stereocenters. The first-order valence-corrected chi connectivity index (χ1v) is 9.86. The molecule has 1 aliphatic heterocycles. The molecule has 0 spiro atoms. The van der Waals surface area contributed by atoms with Crippen molar-refractivity contribution in [1.82, 2.24) is 15.0 Å². The van der Waals surface area contributed by atoms with E-state index in [-0.39, 0.29) is 6.42 Å². The van der Waals surface area contributed by atoms with Crippen LogP contribution in [0.3, 0.4) is 0 Å². The quantitative estimate of drug-likeness (QED) is 0.452. The summed E-state index contributed by atoms with van der Waals surface area (Å²) in [7, 11) is 0. The summed E-state index contributed by atoms with van der Waals surface area (Å²) in [5, 5.41) is 16.3. The van der Waals surface area contributed by atoms with Gasteiger partial charge in [-0.3, -0.25) is 4.79 Å². The summed E-state index contributed by atoms with van der Waals surface area (Å²) in [4.78, 5) is 24.2. The number of ether oxygens (including phenoxy) is 1. The number of rotatable bonds is 5. The summed E-state index contributed by atoms with van der Waals surface area (Å²) in [6.45, 7) is 1.37. The summed E-state index contributed by atoms with van der Waals surface area (Å²) >= 11 is 0. The highest BCUT2D eigenvalue weighted by atomic mass is 16.5. The van der Waals surface area contributed by atoms with E-state index in [1.54, 1.807) is 24.5 Å². The molecule has 0 radical (unpaired) electrons. The largest absolute Gasteiger partial charge is 0.481 e. The maximum absolute atomic E-state index is 10.8. The maximum Gasteiger partial charge on any atom is 0.307 e. The number of hydrogen-bond donors (Lipinski definition) is 3. The van der Waals surface area contributed by atoms with Crippen molar-refractivity contribution in [1.29, 1.82) is 0 Å².